The van der Waals surface area contributed by atoms with Gasteiger partial charge in [-0.1, -0.05) is 37.1 Å². The topological polar surface area (TPSA) is 44.4 Å². The lowest BCUT2D eigenvalue weighted by molar-refractivity contribution is 0.152. The van der Waals surface area contributed by atoms with E-state index >= 15 is 0 Å². The first-order valence-electron chi connectivity index (χ1n) is 8.62. The summed E-state index contributed by atoms with van der Waals surface area (Å²) in [6.07, 6.45) is 3.29. The third-order valence-electron chi connectivity index (χ3n) is 4.55. The quantitative estimate of drug-likeness (QED) is 0.832. The van der Waals surface area contributed by atoms with Crippen molar-refractivity contribution in [3.05, 3.63) is 34.9 Å². The maximum Gasteiger partial charge on any atom is 0.317 e. The molecule has 1 fully saturated rings. The highest BCUT2D eigenvalue weighted by atomic mass is 35.5. The van der Waals surface area contributed by atoms with Crippen LogP contribution in [0, 0.1) is 0 Å². The molecule has 128 valence electrons. The summed E-state index contributed by atoms with van der Waals surface area (Å²) in [5, 5.41) is 7.11. The van der Waals surface area contributed by atoms with Crippen LogP contribution >= 0.6 is 11.6 Å². The zero-order valence-electron chi connectivity index (χ0n) is 14.1. The summed E-state index contributed by atoms with van der Waals surface area (Å²) in [6, 6.07) is 8.49. The predicted octanol–water partition coefficient (Wildman–Crippen LogP) is 3.62. The van der Waals surface area contributed by atoms with Gasteiger partial charge >= 0.3 is 6.03 Å². The molecular formula is C18H28ClN3O. The SMILES string of the molecule is CCNC(=O)N1CCNCC1CCCC(C)c1ccc(Cl)cc1. The minimum atomic E-state index is 0.0738. The molecule has 2 amide bonds. The van der Waals surface area contributed by atoms with Gasteiger partial charge in [-0.2, -0.15) is 0 Å². The highest BCUT2D eigenvalue weighted by Gasteiger charge is 2.25. The van der Waals surface area contributed by atoms with E-state index in [2.05, 4.69) is 29.7 Å². The van der Waals surface area contributed by atoms with E-state index in [-0.39, 0.29) is 6.03 Å². The van der Waals surface area contributed by atoms with E-state index in [9.17, 15) is 4.79 Å². The summed E-state index contributed by atoms with van der Waals surface area (Å²) in [6.45, 7) is 7.47. The van der Waals surface area contributed by atoms with Gasteiger partial charge in [0.15, 0.2) is 0 Å². The second-order valence-corrected chi connectivity index (χ2v) is 6.71. The number of urea groups is 1. The van der Waals surface area contributed by atoms with Gasteiger partial charge in [-0.05, 0) is 43.4 Å². The Morgan fingerprint density at radius 2 is 2.17 bits per heavy atom. The number of nitrogens with one attached hydrogen (secondary N) is 2. The maximum atomic E-state index is 12.1. The average Bonchev–Trinajstić information content (AvgIpc) is 2.56. The molecule has 2 rings (SSSR count). The lowest BCUT2D eigenvalue weighted by Crippen LogP contribution is -2.56. The number of carbonyl (C=O) groups excluding carboxylic acids is 1. The molecule has 5 heteroatoms. The van der Waals surface area contributed by atoms with E-state index in [0.717, 1.165) is 43.9 Å². The Kier molecular flexibility index (Phi) is 7.18. The molecule has 2 N–H and O–H groups in total. The van der Waals surface area contributed by atoms with E-state index in [1.165, 1.54) is 5.56 Å². The molecule has 1 aliphatic heterocycles. The Morgan fingerprint density at radius 1 is 1.43 bits per heavy atom. The summed E-state index contributed by atoms with van der Waals surface area (Å²) < 4.78 is 0. The fraction of sp³-hybridized carbons (Fsp3) is 0.611. The van der Waals surface area contributed by atoms with Gasteiger partial charge in [-0.15, -0.1) is 0 Å². The van der Waals surface area contributed by atoms with Crippen LogP contribution in [0.4, 0.5) is 4.79 Å². The van der Waals surface area contributed by atoms with Crippen molar-refractivity contribution in [1.29, 1.82) is 0 Å². The smallest absolute Gasteiger partial charge is 0.317 e. The number of rotatable bonds is 6. The first-order chi connectivity index (χ1) is 11.1. The van der Waals surface area contributed by atoms with Crippen molar-refractivity contribution in [1.82, 2.24) is 15.5 Å². The van der Waals surface area contributed by atoms with Crippen molar-refractivity contribution in [2.75, 3.05) is 26.2 Å². The third kappa shape index (κ3) is 5.40. The van der Waals surface area contributed by atoms with E-state index in [1.54, 1.807) is 0 Å². The van der Waals surface area contributed by atoms with E-state index in [0.29, 0.717) is 18.5 Å². The van der Waals surface area contributed by atoms with Gasteiger partial charge < -0.3 is 15.5 Å². The van der Waals surface area contributed by atoms with Gasteiger partial charge in [0.2, 0.25) is 0 Å². The van der Waals surface area contributed by atoms with Gasteiger partial charge in [0.1, 0.15) is 0 Å². The Bertz CT molecular complexity index is 492. The predicted molar refractivity (Wildman–Crippen MR) is 96.2 cm³/mol. The molecule has 0 aromatic heterocycles. The fourth-order valence-electron chi connectivity index (χ4n) is 3.16. The van der Waals surface area contributed by atoms with E-state index < -0.39 is 0 Å². The Labute approximate surface area is 144 Å². The van der Waals surface area contributed by atoms with Crippen LogP contribution in [0.5, 0.6) is 0 Å². The van der Waals surface area contributed by atoms with Crippen LogP contribution in [0.3, 0.4) is 0 Å². The molecule has 1 saturated heterocycles. The molecule has 1 heterocycles. The molecule has 4 nitrogen and oxygen atoms in total. The molecule has 0 radical (unpaired) electrons. The number of benzene rings is 1. The van der Waals surface area contributed by atoms with Crippen molar-refractivity contribution in [3.8, 4) is 0 Å². The molecule has 0 aliphatic carbocycles. The molecule has 2 unspecified atom stereocenters. The number of hydrogen-bond acceptors (Lipinski definition) is 2. The molecule has 2 atom stereocenters. The van der Waals surface area contributed by atoms with E-state index in [1.807, 2.05) is 24.0 Å². The van der Waals surface area contributed by atoms with Gasteiger partial charge in [0.05, 0.1) is 0 Å². The molecule has 0 saturated carbocycles. The zero-order chi connectivity index (χ0) is 16.7. The van der Waals surface area contributed by atoms with Crippen LogP contribution in [0.25, 0.3) is 0 Å². The number of halogens is 1. The summed E-state index contributed by atoms with van der Waals surface area (Å²) >= 11 is 5.94. The maximum absolute atomic E-state index is 12.1. The minimum Gasteiger partial charge on any atom is -0.338 e. The Balaban J connectivity index is 1.81. The van der Waals surface area contributed by atoms with E-state index in [4.69, 9.17) is 11.6 Å². The first-order valence-corrected chi connectivity index (χ1v) is 9.00. The van der Waals surface area contributed by atoms with Crippen molar-refractivity contribution in [2.45, 2.75) is 45.1 Å². The van der Waals surface area contributed by atoms with Crippen molar-refractivity contribution in [3.63, 3.8) is 0 Å². The molecular weight excluding hydrogens is 310 g/mol. The van der Waals surface area contributed by atoms with Gasteiger partial charge in [-0.3, -0.25) is 0 Å². The van der Waals surface area contributed by atoms with Crippen molar-refractivity contribution < 1.29 is 4.79 Å². The Morgan fingerprint density at radius 3 is 2.87 bits per heavy atom. The monoisotopic (exact) mass is 337 g/mol. The van der Waals surface area contributed by atoms with Crippen LogP contribution in [0.15, 0.2) is 24.3 Å². The lowest BCUT2D eigenvalue weighted by atomic mass is 9.94. The fourth-order valence-corrected chi connectivity index (χ4v) is 3.28. The zero-order valence-corrected chi connectivity index (χ0v) is 14.9. The summed E-state index contributed by atoms with van der Waals surface area (Å²) in [5.41, 5.74) is 1.33. The number of hydrogen-bond donors (Lipinski definition) is 2. The molecule has 0 spiro atoms. The summed E-state index contributed by atoms with van der Waals surface area (Å²) in [7, 11) is 0. The molecule has 23 heavy (non-hydrogen) atoms. The molecule has 1 aliphatic rings. The third-order valence-corrected chi connectivity index (χ3v) is 4.80. The summed E-state index contributed by atoms with van der Waals surface area (Å²) in [4.78, 5) is 14.1. The summed E-state index contributed by atoms with van der Waals surface area (Å²) in [5.74, 6) is 0.515. The number of nitrogens with zero attached hydrogens (tertiary/aromatic N) is 1. The number of carbonyl (C=O) groups is 1. The molecule has 1 aromatic carbocycles. The number of piperazine rings is 1. The van der Waals surface area contributed by atoms with Crippen LogP contribution in [0.1, 0.15) is 44.6 Å². The van der Waals surface area contributed by atoms with Gasteiger partial charge in [-0.25, -0.2) is 4.79 Å². The van der Waals surface area contributed by atoms with Gasteiger partial charge in [0.25, 0.3) is 0 Å². The van der Waals surface area contributed by atoms with Crippen molar-refractivity contribution >= 4 is 17.6 Å². The van der Waals surface area contributed by atoms with Crippen LogP contribution in [-0.2, 0) is 0 Å². The van der Waals surface area contributed by atoms with Gasteiger partial charge in [0, 0.05) is 37.2 Å². The largest absolute Gasteiger partial charge is 0.338 e. The van der Waals surface area contributed by atoms with Crippen molar-refractivity contribution in [2.24, 2.45) is 0 Å². The second kappa shape index (κ2) is 9.14. The highest BCUT2D eigenvalue weighted by Crippen LogP contribution is 2.24. The number of amides is 2. The Hall–Kier alpha value is -1.26. The minimum absolute atomic E-state index is 0.0738. The molecule has 0 bridgehead atoms. The van der Waals surface area contributed by atoms with Crippen LogP contribution in [0.2, 0.25) is 5.02 Å². The lowest BCUT2D eigenvalue weighted by Gasteiger charge is -2.36. The normalized spacial score (nSPS) is 19.4. The highest BCUT2D eigenvalue weighted by molar-refractivity contribution is 6.30. The van der Waals surface area contributed by atoms with Crippen LogP contribution < -0.4 is 10.6 Å². The first kappa shape index (κ1) is 18.1. The van der Waals surface area contributed by atoms with Crippen LogP contribution in [-0.4, -0.2) is 43.2 Å². The average molecular weight is 338 g/mol. The standard InChI is InChI=1S/C18H28ClN3O/c1-3-21-18(23)22-12-11-20-13-17(22)6-4-5-14(2)15-7-9-16(19)10-8-15/h7-10,14,17,20H,3-6,11-13H2,1-2H3,(H,21,23). The second-order valence-electron chi connectivity index (χ2n) is 6.27. The molecule has 1 aromatic rings.